The average Bonchev–Trinajstić information content (AvgIpc) is 3.16. The maximum Gasteiger partial charge on any atom is 0.433 e. The van der Waals surface area contributed by atoms with E-state index in [9.17, 15) is 17.4 Å². The second-order valence-electron chi connectivity index (χ2n) is 9.81. The Balaban J connectivity index is 0.000000136. The number of hydrogen-bond acceptors (Lipinski definition) is 4. The first-order chi connectivity index (χ1) is 15.2. The van der Waals surface area contributed by atoms with Gasteiger partial charge in [-0.05, 0) is 69.2 Å². The molecule has 2 aromatic heterocycles. The zero-order valence-electron chi connectivity index (χ0n) is 18.2. The Morgan fingerprint density at radius 3 is 2.56 bits per heavy atom. The van der Waals surface area contributed by atoms with Crippen molar-refractivity contribution < 1.29 is 17.4 Å². The molecule has 6 rings (SSSR count). The summed E-state index contributed by atoms with van der Waals surface area (Å²) >= 11 is 0. The number of hydrogen-bond donors (Lipinski definition) is 0. The second-order valence-corrected chi connectivity index (χ2v) is 11.3. The molecule has 2 aliphatic carbocycles. The molecule has 0 N–H and O–H groups in total. The fraction of sp³-hybridized carbons (Fsp3) is 0.652. The highest BCUT2D eigenvalue weighted by atomic mass is 32.2. The molecule has 2 saturated carbocycles. The zero-order chi connectivity index (χ0) is 22.5. The Kier molecular flexibility index (Phi) is 5.68. The predicted octanol–water partition coefficient (Wildman–Crippen LogP) is 4.22. The van der Waals surface area contributed by atoms with Crippen LogP contribution in [0.2, 0.25) is 0 Å². The molecule has 0 radical (unpaired) electrons. The van der Waals surface area contributed by atoms with Gasteiger partial charge < -0.3 is 0 Å². The number of likely N-dealkylation sites (tertiary alicyclic amines) is 1. The van der Waals surface area contributed by atoms with Crippen molar-refractivity contribution in [1.29, 1.82) is 0 Å². The van der Waals surface area contributed by atoms with Gasteiger partial charge in [-0.15, -0.1) is 0 Å². The van der Waals surface area contributed by atoms with Gasteiger partial charge >= 0.3 is 6.18 Å². The third kappa shape index (κ3) is 4.51. The molecule has 4 fully saturated rings. The second kappa shape index (κ2) is 8.24. The summed E-state index contributed by atoms with van der Waals surface area (Å²) in [6, 6.07) is 5.10. The number of rotatable bonds is 3. The average molecular weight is 467 g/mol. The van der Waals surface area contributed by atoms with Gasteiger partial charge in [0, 0.05) is 64.8 Å². The van der Waals surface area contributed by atoms with Crippen molar-refractivity contribution in [3.63, 3.8) is 0 Å². The van der Waals surface area contributed by atoms with E-state index in [1.54, 1.807) is 16.9 Å². The van der Waals surface area contributed by atoms with Crippen molar-refractivity contribution in [2.24, 2.45) is 17.3 Å². The molecule has 4 heterocycles. The highest BCUT2D eigenvalue weighted by Gasteiger charge is 2.53. The highest BCUT2D eigenvalue weighted by Crippen LogP contribution is 2.54. The molecule has 2 atom stereocenters. The van der Waals surface area contributed by atoms with Crippen LogP contribution in [0.25, 0.3) is 11.3 Å². The molecule has 2 aliphatic heterocycles. The Morgan fingerprint density at radius 1 is 1.19 bits per heavy atom. The van der Waals surface area contributed by atoms with Crippen molar-refractivity contribution in [3.05, 3.63) is 36.3 Å². The topological polar surface area (TPSA) is 51.0 Å². The van der Waals surface area contributed by atoms with Crippen molar-refractivity contribution in [2.45, 2.75) is 51.4 Å². The fourth-order valence-corrected chi connectivity index (χ4v) is 7.33. The predicted molar refractivity (Wildman–Crippen MR) is 117 cm³/mol. The number of halogens is 3. The SMILES string of the molecule is CCn1ccc(-c2ccnc(C(F)(F)F)c2)n1.O=S1CC2(CCN(C3CC4CC4C3)C2)C1. The monoisotopic (exact) mass is 466 g/mol. The summed E-state index contributed by atoms with van der Waals surface area (Å²) in [5, 5.41) is 4.14. The van der Waals surface area contributed by atoms with E-state index in [1.807, 2.05) is 6.92 Å². The molecule has 174 valence electrons. The van der Waals surface area contributed by atoms with Gasteiger partial charge in [-0.1, -0.05) is 0 Å². The first kappa shape index (κ1) is 22.1. The van der Waals surface area contributed by atoms with E-state index < -0.39 is 22.7 Å². The maximum atomic E-state index is 12.5. The lowest BCUT2D eigenvalue weighted by molar-refractivity contribution is -0.141. The molecule has 5 nitrogen and oxygen atoms in total. The number of fused-ring (bicyclic) bond motifs is 1. The van der Waals surface area contributed by atoms with Crippen LogP contribution in [0.5, 0.6) is 0 Å². The Bertz CT molecular complexity index is 989. The molecule has 2 saturated heterocycles. The molecule has 0 aromatic carbocycles. The van der Waals surface area contributed by atoms with Gasteiger partial charge in [0.05, 0.1) is 5.69 Å². The molecule has 2 aromatic rings. The quantitative estimate of drug-likeness (QED) is 0.680. The van der Waals surface area contributed by atoms with Gasteiger partial charge in [-0.25, -0.2) is 0 Å². The lowest BCUT2D eigenvalue weighted by atomic mass is 9.91. The van der Waals surface area contributed by atoms with E-state index in [0.717, 1.165) is 41.6 Å². The molecule has 4 aliphatic rings. The summed E-state index contributed by atoms with van der Waals surface area (Å²) in [5.74, 6) is 4.20. The van der Waals surface area contributed by atoms with Gasteiger partial charge in [0.2, 0.25) is 0 Å². The molecule has 1 spiro atoms. The number of aromatic nitrogens is 3. The van der Waals surface area contributed by atoms with Crippen LogP contribution in [-0.4, -0.2) is 54.5 Å². The zero-order valence-corrected chi connectivity index (χ0v) is 19.0. The Labute approximate surface area is 188 Å². The van der Waals surface area contributed by atoms with E-state index in [-0.39, 0.29) is 0 Å². The van der Waals surface area contributed by atoms with Crippen LogP contribution in [0, 0.1) is 17.3 Å². The number of alkyl halides is 3. The fourth-order valence-electron chi connectivity index (χ4n) is 5.58. The summed E-state index contributed by atoms with van der Waals surface area (Å²) in [5.41, 5.74) is 0.526. The number of aryl methyl sites for hydroxylation is 1. The van der Waals surface area contributed by atoms with E-state index in [1.165, 1.54) is 44.8 Å². The molecule has 0 bridgehead atoms. The Hall–Kier alpha value is -1.74. The Morgan fingerprint density at radius 2 is 1.94 bits per heavy atom. The lowest BCUT2D eigenvalue weighted by Crippen LogP contribution is -2.47. The van der Waals surface area contributed by atoms with Gasteiger partial charge in [0.15, 0.2) is 0 Å². The summed E-state index contributed by atoms with van der Waals surface area (Å²) in [4.78, 5) is 6.03. The molecule has 0 amide bonds. The summed E-state index contributed by atoms with van der Waals surface area (Å²) in [6.45, 7) is 5.14. The first-order valence-electron chi connectivity index (χ1n) is 11.4. The largest absolute Gasteiger partial charge is 0.433 e. The molecule has 9 heteroatoms. The van der Waals surface area contributed by atoms with Gasteiger partial charge in [-0.3, -0.25) is 18.8 Å². The lowest BCUT2D eigenvalue weighted by Gasteiger charge is -2.38. The van der Waals surface area contributed by atoms with Crippen molar-refractivity contribution in [3.8, 4) is 11.3 Å². The van der Waals surface area contributed by atoms with Crippen LogP contribution < -0.4 is 0 Å². The third-order valence-corrected chi connectivity index (χ3v) is 9.32. The number of pyridine rings is 1. The normalized spacial score (nSPS) is 33.5. The van der Waals surface area contributed by atoms with E-state index >= 15 is 0 Å². The highest BCUT2D eigenvalue weighted by molar-refractivity contribution is 7.86. The standard InChI is InChI=1S/C12H19NOS.C11H10F3N3/c14-15-7-12(8-15)1-2-13(6-12)11-4-9-3-10(9)5-11;1-2-17-6-4-9(16-17)8-3-5-15-10(7-8)11(12,13)14/h9-11H,1-8H2;3-7H,2H2,1H3. The smallest absolute Gasteiger partial charge is 0.300 e. The molecular weight excluding hydrogens is 437 g/mol. The van der Waals surface area contributed by atoms with Crippen molar-refractivity contribution in [2.75, 3.05) is 24.6 Å². The van der Waals surface area contributed by atoms with Gasteiger partial charge in [0.25, 0.3) is 0 Å². The summed E-state index contributed by atoms with van der Waals surface area (Å²) < 4.78 is 50.3. The number of nitrogens with zero attached hydrogens (tertiary/aromatic N) is 4. The van der Waals surface area contributed by atoms with Crippen molar-refractivity contribution in [1.82, 2.24) is 19.7 Å². The molecular formula is C23H29F3N4OS. The third-order valence-electron chi connectivity index (χ3n) is 7.45. The molecule has 32 heavy (non-hydrogen) atoms. The van der Waals surface area contributed by atoms with Crippen LogP contribution in [0.3, 0.4) is 0 Å². The van der Waals surface area contributed by atoms with Crippen LogP contribution in [0.15, 0.2) is 30.6 Å². The molecule has 2 unspecified atom stereocenters. The van der Waals surface area contributed by atoms with E-state index in [0.29, 0.717) is 23.2 Å². The minimum atomic E-state index is -4.43. The van der Waals surface area contributed by atoms with E-state index in [4.69, 9.17) is 0 Å². The first-order valence-corrected chi connectivity index (χ1v) is 12.9. The van der Waals surface area contributed by atoms with Gasteiger partial charge in [-0.2, -0.15) is 18.3 Å². The minimum absolute atomic E-state index is 0.416. The summed E-state index contributed by atoms with van der Waals surface area (Å²) in [6.07, 6.45) is 4.24. The minimum Gasteiger partial charge on any atom is -0.300 e. The van der Waals surface area contributed by atoms with E-state index in [2.05, 4.69) is 15.0 Å². The van der Waals surface area contributed by atoms with Crippen LogP contribution in [0.4, 0.5) is 13.2 Å². The van der Waals surface area contributed by atoms with Crippen LogP contribution in [-0.2, 0) is 23.5 Å². The maximum absolute atomic E-state index is 12.5. The van der Waals surface area contributed by atoms with Crippen molar-refractivity contribution >= 4 is 10.8 Å². The van der Waals surface area contributed by atoms with Crippen LogP contribution >= 0.6 is 0 Å². The van der Waals surface area contributed by atoms with Crippen LogP contribution in [0.1, 0.15) is 38.3 Å². The van der Waals surface area contributed by atoms with Gasteiger partial charge in [0.1, 0.15) is 5.69 Å². The summed E-state index contributed by atoms with van der Waals surface area (Å²) in [7, 11) is -0.462.